The highest BCUT2D eigenvalue weighted by Gasteiger charge is 2.30. The minimum atomic E-state index is -3.50. The molecule has 1 aliphatic rings. The summed E-state index contributed by atoms with van der Waals surface area (Å²) in [5.74, 6) is -0.381. The van der Waals surface area contributed by atoms with Crippen molar-refractivity contribution in [3.8, 4) is 0 Å². The Morgan fingerprint density at radius 1 is 0.773 bits per heavy atom. The third kappa shape index (κ3) is 8.18. The van der Waals surface area contributed by atoms with Crippen LogP contribution in [-0.2, 0) is 45.5 Å². The molecule has 228 valence electrons. The maximum atomic E-state index is 14.0. The summed E-state index contributed by atoms with van der Waals surface area (Å²) in [7, 11) is -3.50. The van der Waals surface area contributed by atoms with E-state index in [4.69, 9.17) is 0 Å². The van der Waals surface area contributed by atoms with Crippen LogP contribution in [0.2, 0.25) is 0 Å². The van der Waals surface area contributed by atoms with E-state index in [0.29, 0.717) is 32.5 Å². The number of nitrogens with one attached hydrogen (secondary N) is 1. The second kappa shape index (κ2) is 14.9. The minimum absolute atomic E-state index is 0.150. The normalized spacial score (nSPS) is 14.2. The average molecular weight is 611 g/mol. The van der Waals surface area contributed by atoms with Crippen LogP contribution in [0, 0.1) is 0 Å². The molecule has 0 radical (unpaired) electrons. The predicted octanol–water partition coefficient (Wildman–Crippen LogP) is 4.76. The molecule has 0 aliphatic carbocycles. The van der Waals surface area contributed by atoms with Crippen LogP contribution in [0.3, 0.4) is 0 Å². The maximum Gasteiger partial charge on any atom is 0.243 e. The Bertz CT molecular complexity index is 1610. The highest BCUT2D eigenvalue weighted by Crippen LogP contribution is 2.22. The quantitative estimate of drug-likeness (QED) is 0.236. The molecule has 0 bridgehead atoms. The van der Waals surface area contributed by atoms with E-state index in [-0.39, 0.29) is 29.7 Å². The van der Waals surface area contributed by atoms with E-state index in [1.54, 1.807) is 41.6 Å². The molecule has 2 amide bonds. The van der Waals surface area contributed by atoms with Gasteiger partial charge >= 0.3 is 0 Å². The number of rotatable bonds is 13. The Morgan fingerprint density at radius 3 is 2.02 bits per heavy atom. The van der Waals surface area contributed by atoms with Gasteiger partial charge in [-0.15, -0.1) is 0 Å². The molecule has 44 heavy (non-hydrogen) atoms. The fourth-order valence-corrected chi connectivity index (χ4v) is 6.96. The molecule has 1 aromatic heterocycles. The van der Waals surface area contributed by atoms with Gasteiger partial charge in [-0.25, -0.2) is 8.42 Å². The average Bonchev–Trinajstić information content (AvgIpc) is 3.62. The first kappa shape index (κ1) is 31.1. The molecule has 8 nitrogen and oxygen atoms in total. The lowest BCUT2D eigenvalue weighted by Gasteiger charge is -2.31. The monoisotopic (exact) mass is 610 g/mol. The number of amides is 2. The smallest absolute Gasteiger partial charge is 0.243 e. The highest BCUT2D eigenvalue weighted by molar-refractivity contribution is 7.89. The van der Waals surface area contributed by atoms with Crippen LogP contribution in [0.5, 0.6) is 0 Å². The number of benzene rings is 3. The number of pyridine rings is 1. The fraction of sp³-hybridized carbons (Fsp3) is 0.286. The summed E-state index contributed by atoms with van der Waals surface area (Å²) >= 11 is 0. The summed E-state index contributed by atoms with van der Waals surface area (Å²) in [5, 5.41) is 3.04. The lowest BCUT2D eigenvalue weighted by Crippen LogP contribution is -2.50. The van der Waals surface area contributed by atoms with Crippen molar-refractivity contribution in [2.45, 2.75) is 56.1 Å². The Kier molecular flexibility index (Phi) is 10.5. The number of carbonyl (C=O) groups excluding carboxylic acids is 2. The maximum absolute atomic E-state index is 14.0. The number of carbonyl (C=O) groups is 2. The van der Waals surface area contributed by atoms with E-state index >= 15 is 0 Å². The van der Waals surface area contributed by atoms with Crippen molar-refractivity contribution < 1.29 is 18.0 Å². The highest BCUT2D eigenvalue weighted by atomic mass is 32.2. The standard InChI is InChI=1S/C35H38N4O4S/c40-34(18-15-28-13-16-32(17-14-28)44(42,43)38-23-7-8-24-38)39(27-31-11-5-2-6-12-31)33(25-29-9-3-1-4-10-29)35(41)37-26-30-19-21-36-22-20-30/h1-6,9-14,16-17,19-22,33H,7-8,15,18,23-27H2,(H,37,41)/t33-/m0/s1. The topological polar surface area (TPSA) is 99.7 Å². The number of hydrogen-bond acceptors (Lipinski definition) is 5. The van der Waals surface area contributed by atoms with Gasteiger partial charge in [0.2, 0.25) is 21.8 Å². The summed E-state index contributed by atoms with van der Waals surface area (Å²) in [4.78, 5) is 33.8. The van der Waals surface area contributed by atoms with Gasteiger partial charge in [-0.2, -0.15) is 4.31 Å². The van der Waals surface area contributed by atoms with Gasteiger partial charge in [-0.3, -0.25) is 14.6 Å². The lowest BCUT2D eigenvalue weighted by atomic mass is 10.0. The molecule has 0 saturated carbocycles. The van der Waals surface area contributed by atoms with E-state index in [1.807, 2.05) is 72.8 Å². The third-order valence-electron chi connectivity index (χ3n) is 7.94. The lowest BCUT2D eigenvalue weighted by molar-refractivity contribution is -0.141. The zero-order chi connectivity index (χ0) is 30.8. The van der Waals surface area contributed by atoms with Crippen molar-refractivity contribution in [1.82, 2.24) is 19.5 Å². The van der Waals surface area contributed by atoms with Gasteiger partial charge in [0.15, 0.2) is 0 Å². The second-order valence-corrected chi connectivity index (χ2v) is 13.0. The Labute approximate surface area is 259 Å². The third-order valence-corrected chi connectivity index (χ3v) is 9.85. The van der Waals surface area contributed by atoms with E-state index < -0.39 is 16.1 Å². The zero-order valence-electron chi connectivity index (χ0n) is 24.7. The summed E-state index contributed by atoms with van der Waals surface area (Å²) in [6, 6.07) is 29.2. The molecule has 3 aromatic carbocycles. The molecular weight excluding hydrogens is 572 g/mol. The van der Waals surface area contributed by atoms with Crippen LogP contribution in [0.15, 0.2) is 114 Å². The molecule has 0 spiro atoms. The van der Waals surface area contributed by atoms with Crippen molar-refractivity contribution in [3.63, 3.8) is 0 Å². The van der Waals surface area contributed by atoms with E-state index in [0.717, 1.165) is 35.1 Å². The molecule has 1 aliphatic heterocycles. The van der Waals surface area contributed by atoms with Crippen LogP contribution in [0.25, 0.3) is 0 Å². The van der Waals surface area contributed by atoms with Gasteiger partial charge in [0.05, 0.1) is 4.90 Å². The molecule has 9 heteroatoms. The van der Waals surface area contributed by atoms with Crippen molar-refractivity contribution in [1.29, 1.82) is 0 Å². The van der Waals surface area contributed by atoms with Gasteiger partial charge < -0.3 is 10.2 Å². The molecule has 1 N–H and O–H groups in total. The number of aromatic nitrogens is 1. The van der Waals surface area contributed by atoms with Crippen LogP contribution >= 0.6 is 0 Å². The Morgan fingerprint density at radius 2 is 1.39 bits per heavy atom. The van der Waals surface area contributed by atoms with Gasteiger partial charge in [-0.05, 0) is 65.8 Å². The molecule has 0 unspecified atom stereocenters. The first-order valence-electron chi connectivity index (χ1n) is 15.0. The van der Waals surface area contributed by atoms with Crippen molar-refractivity contribution in [2.24, 2.45) is 0 Å². The SMILES string of the molecule is O=C(NCc1ccncc1)[C@H](Cc1ccccc1)N(Cc1ccccc1)C(=O)CCc1ccc(S(=O)(=O)N2CCCC2)cc1. The van der Waals surface area contributed by atoms with E-state index in [1.165, 1.54) is 4.31 Å². The molecule has 2 heterocycles. The van der Waals surface area contributed by atoms with Crippen molar-refractivity contribution in [3.05, 3.63) is 132 Å². The van der Waals surface area contributed by atoms with Crippen LogP contribution in [0.4, 0.5) is 0 Å². The molecule has 4 aromatic rings. The molecule has 5 rings (SSSR count). The van der Waals surface area contributed by atoms with Gasteiger partial charge in [0, 0.05) is 51.4 Å². The largest absolute Gasteiger partial charge is 0.350 e. The van der Waals surface area contributed by atoms with Crippen LogP contribution < -0.4 is 5.32 Å². The molecule has 1 fully saturated rings. The van der Waals surface area contributed by atoms with E-state index in [2.05, 4.69) is 10.3 Å². The number of hydrogen-bond donors (Lipinski definition) is 1. The molecular formula is C35H38N4O4S. The first-order chi connectivity index (χ1) is 21.4. The van der Waals surface area contributed by atoms with Crippen molar-refractivity contribution >= 4 is 21.8 Å². The van der Waals surface area contributed by atoms with Gasteiger partial charge in [0.1, 0.15) is 6.04 Å². The zero-order valence-corrected chi connectivity index (χ0v) is 25.5. The summed E-state index contributed by atoms with van der Waals surface area (Å²) in [5.41, 5.74) is 3.66. The van der Waals surface area contributed by atoms with Crippen LogP contribution in [-0.4, -0.2) is 53.6 Å². The number of nitrogens with zero attached hydrogens (tertiary/aromatic N) is 3. The Balaban J connectivity index is 1.35. The van der Waals surface area contributed by atoms with Crippen LogP contribution in [0.1, 0.15) is 41.5 Å². The van der Waals surface area contributed by atoms with Crippen molar-refractivity contribution in [2.75, 3.05) is 13.1 Å². The second-order valence-electron chi connectivity index (χ2n) is 11.0. The first-order valence-corrected chi connectivity index (χ1v) is 16.5. The minimum Gasteiger partial charge on any atom is -0.350 e. The summed E-state index contributed by atoms with van der Waals surface area (Å²) < 4.78 is 27.4. The molecule has 1 atom stereocenters. The molecule has 1 saturated heterocycles. The van der Waals surface area contributed by atoms with Gasteiger partial charge in [0.25, 0.3) is 0 Å². The number of sulfonamides is 1. The van der Waals surface area contributed by atoms with Gasteiger partial charge in [-0.1, -0.05) is 72.8 Å². The fourth-order valence-electron chi connectivity index (χ4n) is 5.44. The summed E-state index contributed by atoms with van der Waals surface area (Å²) in [6.45, 7) is 1.71. The summed E-state index contributed by atoms with van der Waals surface area (Å²) in [6.07, 6.45) is 6.09. The predicted molar refractivity (Wildman–Crippen MR) is 170 cm³/mol. The van der Waals surface area contributed by atoms with E-state index in [9.17, 15) is 18.0 Å². The Hall–Kier alpha value is -4.34. The number of aryl methyl sites for hydroxylation is 1.